The van der Waals surface area contributed by atoms with Crippen LogP contribution in [-0.2, 0) is 0 Å². The SMILES string of the molecule is Clc1cc(Cl)c2oc3c(Cl)cccc3c2c1Cl. The number of furan rings is 1. The molecule has 0 aliphatic rings. The lowest BCUT2D eigenvalue weighted by atomic mass is 10.1. The van der Waals surface area contributed by atoms with Gasteiger partial charge in [0.25, 0.3) is 0 Å². The molecule has 3 aromatic rings. The molecule has 3 rings (SSSR count). The molecule has 1 nitrogen and oxygen atoms in total. The van der Waals surface area contributed by atoms with Crippen LogP contribution in [0, 0.1) is 0 Å². The summed E-state index contributed by atoms with van der Waals surface area (Å²) < 4.78 is 5.64. The van der Waals surface area contributed by atoms with Gasteiger partial charge in [-0.3, -0.25) is 0 Å². The molecule has 0 amide bonds. The van der Waals surface area contributed by atoms with Crippen molar-refractivity contribution < 1.29 is 4.42 Å². The van der Waals surface area contributed by atoms with E-state index in [9.17, 15) is 0 Å². The van der Waals surface area contributed by atoms with Gasteiger partial charge in [-0.25, -0.2) is 0 Å². The molecule has 1 heterocycles. The van der Waals surface area contributed by atoms with Gasteiger partial charge in [0.15, 0.2) is 11.2 Å². The Labute approximate surface area is 117 Å². The molecule has 0 aliphatic heterocycles. The number of para-hydroxylation sites is 1. The molecule has 86 valence electrons. The minimum Gasteiger partial charge on any atom is -0.453 e. The summed E-state index contributed by atoms with van der Waals surface area (Å²) in [5.41, 5.74) is 1.07. The van der Waals surface area contributed by atoms with Gasteiger partial charge in [0.1, 0.15) is 0 Å². The van der Waals surface area contributed by atoms with Crippen molar-refractivity contribution in [1.82, 2.24) is 0 Å². The van der Waals surface area contributed by atoms with Crippen molar-refractivity contribution in [1.29, 1.82) is 0 Å². The molecule has 0 saturated carbocycles. The predicted molar refractivity (Wildman–Crippen MR) is 73.8 cm³/mol. The molecule has 0 bridgehead atoms. The van der Waals surface area contributed by atoms with Crippen LogP contribution >= 0.6 is 46.4 Å². The summed E-state index contributed by atoms with van der Waals surface area (Å²) in [6, 6.07) is 7.00. The first-order valence-electron chi connectivity index (χ1n) is 4.74. The molecular formula is C12H4Cl4O. The number of hydrogen-bond donors (Lipinski definition) is 0. The Hall–Kier alpha value is -0.600. The summed E-state index contributed by atoms with van der Waals surface area (Å²) in [5, 5.41) is 3.26. The van der Waals surface area contributed by atoms with Gasteiger partial charge in [0.2, 0.25) is 0 Å². The number of fused-ring (bicyclic) bond motifs is 3. The van der Waals surface area contributed by atoms with Crippen molar-refractivity contribution >= 4 is 68.3 Å². The normalized spacial score (nSPS) is 11.5. The Balaban J connectivity index is 2.66. The Morgan fingerprint density at radius 2 is 1.59 bits per heavy atom. The summed E-state index contributed by atoms with van der Waals surface area (Å²) in [6.45, 7) is 0. The van der Waals surface area contributed by atoms with E-state index >= 15 is 0 Å². The fourth-order valence-electron chi connectivity index (χ4n) is 1.83. The molecule has 0 N–H and O–H groups in total. The summed E-state index contributed by atoms with van der Waals surface area (Å²) >= 11 is 24.3. The Morgan fingerprint density at radius 1 is 0.824 bits per heavy atom. The van der Waals surface area contributed by atoms with Crippen LogP contribution in [0.25, 0.3) is 21.9 Å². The zero-order valence-corrected chi connectivity index (χ0v) is 11.3. The van der Waals surface area contributed by atoms with Gasteiger partial charge < -0.3 is 4.42 Å². The van der Waals surface area contributed by atoms with E-state index in [0.717, 1.165) is 5.39 Å². The zero-order chi connectivity index (χ0) is 12.2. The van der Waals surface area contributed by atoms with Crippen molar-refractivity contribution in [3.8, 4) is 0 Å². The van der Waals surface area contributed by atoms with Crippen LogP contribution < -0.4 is 0 Å². The highest BCUT2D eigenvalue weighted by molar-refractivity contribution is 6.49. The topological polar surface area (TPSA) is 13.1 Å². The largest absolute Gasteiger partial charge is 0.453 e. The first kappa shape index (κ1) is 11.5. The summed E-state index contributed by atoms with van der Waals surface area (Å²) in [5.74, 6) is 0. The number of hydrogen-bond acceptors (Lipinski definition) is 1. The average molecular weight is 306 g/mol. The number of benzene rings is 2. The second-order valence-electron chi connectivity index (χ2n) is 3.58. The van der Waals surface area contributed by atoms with Gasteiger partial charge in [0, 0.05) is 10.8 Å². The van der Waals surface area contributed by atoms with Crippen LogP contribution in [0.5, 0.6) is 0 Å². The van der Waals surface area contributed by atoms with Gasteiger partial charge >= 0.3 is 0 Å². The lowest BCUT2D eigenvalue weighted by Gasteiger charge is -1.98. The first-order valence-corrected chi connectivity index (χ1v) is 6.25. The monoisotopic (exact) mass is 304 g/mol. The zero-order valence-electron chi connectivity index (χ0n) is 8.23. The van der Waals surface area contributed by atoms with E-state index in [-0.39, 0.29) is 0 Å². The fraction of sp³-hybridized carbons (Fsp3) is 0. The van der Waals surface area contributed by atoms with Crippen LogP contribution in [0.15, 0.2) is 28.7 Å². The van der Waals surface area contributed by atoms with E-state index in [2.05, 4.69) is 0 Å². The quantitative estimate of drug-likeness (QED) is 0.451. The molecule has 1 aromatic heterocycles. The molecule has 0 atom stereocenters. The minimum atomic E-state index is 0.395. The molecule has 5 heteroatoms. The van der Waals surface area contributed by atoms with Gasteiger partial charge in [0.05, 0.1) is 20.1 Å². The van der Waals surface area contributed by atoms with Gasteiger partial charge in [-0.1, -0.05) is 58.5 Å². The van der Waals surface area contributed by atoms with Crippen molar-refractivity contribution in [2.24, 2.45) is 0 Å². The van der Waals surface area contributed by atoms with Crippen molar-refractivity contribution in [2.45, 2.75) is 0 Å². The molecule has 0 unspecified atom stereocenters. The van der Waals surface area contributed by atoms with Crippen LogP contribution in [0.1, 0.15) is 0 Å². The highest BCUT2D eigenvalue weighted by Gasteiger charge is 2.17. The third kappa shape index (κ3) is 1.61. The molecule has 2 aromatic carbocycles. The lowest BCUT2D eigenvalue weighted by Crippen LogP contribution is -1.74. The second kappa shape index (κ2) is 3.96. The Kier molecular flexibility index (Phi) is 2.68. The van der Waals surface area contributed by atoms with Crippen molar-refractivity contribution in [2.75, 3.05) is 0 Å². The van der Waals surface area contributed by atoms with Crippen LogP contribution in [-0.4, -0.2) is 0 Å². The average Bonchev–Trinajstić information content (AvgIpc) is 2.68. The smallest absolute Gasteiger partial charge is 0.155 e. The molecular weight excluding hydrogens is 302 g/mol. The highest BCUT2D eigenvalue weighted by Crippen LogP contribution is 2.43. The molecule has 17 heavy (non-hydrogen) atoms. The van der Waals surface area contributed by atoms with E-state index in [1.807, 2.05) is 12.1 Å². The van der Waals surface area contributed by atoms with E-state index in [1.54, 1.807) is 12.1 Å². The Bertz CT molecular complexity index is 745. The summed E-state index contributed by atoms with van der Waals surface area (Å²) in [7, 11) is 0. The van der Waals surface area contributed by atoms with E-state index in [0.29, 0.717) is 36.6 Å². The van der Waals surface area contributed by atoms with E-state index in [1.165, 1.54) is 0 Å². The maximum absolute atomic E-state index is 6.18. The van der Waals surface area contributed by atoms with Gasteiger partial charge in [-0.15, -0.1) is 0 Å². The van der Waals surface area contributed by atoms with Crippen LogP contribution in [0.3, 0.4) is 0 Å². The van der Waals surface area contributed by atoms with Crippen LogP contribution in [0.4, 0.5) is 0 Å². The third-order valence-corrected chi connectivity index (χ3v) is 3.93. The molecule has 0 aliphatic carbocycles. The van der Waals surface area contributed by atoms with Gasteiger partial charge in [-0.05, 0) is 12.1 Å². The predicted octanol–water partition coefficient (Wildman–Crippen LogP) is 6.20. The standard InChI is InChI=1S/C12H4Cl4O/c13-6-3-1-2-5-9-10(16)7(14)4-8(15)12(9)17-11(5)6/h1-4H. The minimum absolute atomic E-state index is 0.395. The lowest BCUT2D eigenvalue weighted by molar-refractivity contribution is 0.669. The van der Waals surface area contributed by atoms with Crippen LogP contribution in [0.2, 0.25) is 20.1 Å². The van der Waals surface area contributed by atoms with E-state index in [4.69, 9.17) is 50.8 Å². The molecule has 0 saturated heterocycles. The first-order chi connectivity index (χ1) is 8.09. The van der Waals surface area contributed by atoms with E-state index < -0.39 is 0 Å². The molecule has 0 fully saturated rings. The highest BCUT2D eigenvalue weighted by atomic mass is 35.5. The third-order valence-electron chi connectivity index (χ3n) is 2.57. The summed E-state index contributed by atoms with van der Waals surface area (Å²) in [6.07, 6.45) is 0. The number of rotatable bonds is 0. The van der Waals surface area contributed by atoms with Crippen molar-refractivity contribution in [3.05, 3.63) is 44.4 Å². The van der Waals surface area contributed by atoms with Gasteiger partial charge in [-0.2, -0.15) is 0 Å². The fourth-order valence-corrected chi connectivity index (χ4v) is 2.79. The second-order valence-corrected chi connectivity index (χ2v) is 5.18. The molecule has 0 spiro atoms. The molecule has 0 radical (unpaired) electrons. The number of halogens is 4. The summed E-state index contributed by atoms with van der Waals surface area (Å²) in [4.78, 5) is 0. The maximum atomic E-state index is 6.18. The van der Waals surface area contributed by atoms with Crippen molar-refractivity contribution in [3.63, 3.8) is 0 Å². The maximum Gasteiger partial charge on any atom is 0.155 e. The Morgan fingerprint density at radius 3 is 2.35 bits per heavy atom.